The summed E-state index contributed by atoms with van der Waals surface area (Å²) in [6.45, 7) is 5.01. The van der Waals surface area contributed by atoms with Gasteiger partial charge < -0.3 is 5.11 Å². The Bertz CT molecular complexity index is 243. The second kappa shape index (κ2) is 4.14. The van der Waals surface area contributed by atoms with Crippen LogP contribution < -0.4 is 0 Å². The first kappa shape index (κ1) is 9.10. The SMILES string of the molecule is CCCCc1c(O)cnn1CC. The highest BCUT2D eigenvalue weighted by Crippen LogP contribution is 2.17. The van der Waals surface area contributed by atoms with Gasteiger partial charge in [0.2, 0.25) is 0 Å². The lowest BCUT2D eigenvalue weighted by Crippen LogP contribution is -2.02. The highest BCUT2D eigenvalue weighted by Gasteiger charge is 2.06. The molecule has 3 nitrogen and oxygen atoms in total. The molecule has 0 aromatic carbocycles. The largest absolute Gasteiger partial charge is 0.504 e. The van der Waals surface area contributed by atoms with Crippen LogP contribution in [0.5, 0.6) is 5.75 Å². The Labute approximate surface area is 73.0 Å². The van der Waals surface area contributed by atoms with Crippen LogP contribution in [0.4, 0.5) is 0 Å². The lowest BCUT2D eigenvalue weighted by atomic mass is 10.2. The molecule has 1 N–H and O–H groups in total. The van der Waals surface area contributed by atoms with Gasteiger partial charge in [0.25, 0.3) is 0 Å². The molecule has 0 aliphatic heterocycles. The van der Waals surface area contributed by atoms with Crippen LogP contribution in [0.3, 0.4) is 0 Å². The van der Waals surface area contributed by atoms with Gasteiger partial charge in [-0.25, -0.2) is 0 Å². The summed E-state index contributed by atoms with van der Waals surface area (Å²) in [5.41, 5.74) is 0.972. The van der Waals surface area contributed by atoms with Crippen molar-refractivity contribution in [3.8, 4) is 5.75 Å². The number of rotatable bonds is 4. The molecule has 12 heavy (non-hydrogen) atoms. The summed E-state index contributed by atoms with van der Waals surface area (Å²) in [5.74, 6) is 0.338. The lowest BCUT2D eigenvalue weighted by molar-refractivity contribution is 0.461. The highest BCUT2D eigenvalue weighted by molar-refractivity contribution is 5.23. The first-order chi connectivity index (χ1) is 5.79. The molecule has 1 aromatic rings. The molecule has 0 unspecified atom stereocenters. The van der Waals surface area contributed by atoms with Gasteiger partial charge in [-0.1, -0.05) is 13.3 Å². The molecule has 1 rings (SSSR count). The first-order valence-corrected chi connectivity index (χ1v) is 4.53. The monoisotopic (exact) mass is 168 g/mol. The van der Waals surface area contributed by atoms with Crippen molar-refractivity contribution in [2.45, 2.75) is 39.7 Å². The van der Waals surface area contributed by atoms with Crippen LogP contribution in [0.2, 0.25) is 0 Å². The minimum Gasteiger partial charge on any atom is -0.504 e. The van der Waals surface area contributed by atoms with Gasteiger partial charge in [-0.15, -0.1) is 0 Å². The lowest BCUT2D eigenvalue weighted by Gasteiger charge is -2.03. The summed E-state index contributed by atoms with van der Waals surface area (Å²) in [7, 11) is 0. The standard InChI is InChI=1S/C9H16N2O/c1-3-5-6-8-9(12)7-10-11(8)4-2/h7,12H,3-6H2,1-2H3. The fourth-order valence-corrected chi connectivity index (χ4v) is 1.27. The average Bonchev–Trinajstić information content (AvgIpc) is 2.43. The smallest absolute Gasteiger partial charge is 0.156 e. The van der Waals surface area contributed by atoms with Gasteiger partial charge in [-0.2, -0.15) is 5.10 Å². The maximum Gasteiger partial charge on any atom is 0.156 e. The third-order valence-corrected chi connectivity index (χ3v) is 1.99. The Morgan fingerprint density at radius 1 is 1.50 bits per heavy atom. The van der Waals surface area contributed by atoms with Crippen LogP contribution in [0, 0.1) is 0 Å². The van der Waals surface area contributed by atoms with E-state index in [1.807, 2.05) is 11.6 Å². The predicted molar refractivity (Wildman–Crippen MR) is 48.2 cm³/mol. The molecule has 1 aromatic heterocycles. The average molecular weight is 168 g/mol. The van der Waals surface area contributed by atoms with E-state index in [2.05, 4.69) is 12.0 Å². The normalized spacial score (nSPS) is 10.5. The van der Waals surface area contributed by atoms with Crippen LogP contribution in [-0.4, -0.2) is 14.9 Å². The van der Waals surface area contributed by atoms with Crippen LogP contribution in [0.15, 0.2) is 6.20 Å². The zero-order chi connectivity index (χ0) is 8.97. The van der Waals surface area contributed by atoms with Crippen molar-refractivity contribution in [1.29, 1.82) is 0 Å². The molecular formula is C9H16N2O. The van der Waals surface area contributed by atoms with Crippen LogP contribution >= 0.6 is 0 Å². The minimum absolute atomic E-state index is 0.338. The molecule has 68 valence electrons. The third-order valence-electron chi connectivity index (χ3n) is 1.99. The molecule has 0 radical (unpaired) electrons. The Morgan fingerprint density at radius 3 is 2.83 bits per heavy atom. The zero-order valence-electron chi connectivity index (χ0n) is 7.75. The molecule has 1 heterocycles. The van der Waals surface area contributed by atoms with Crippen molar-refractivity contribution < 1.29 is 5.11 Å². The molecule has 3 heteroatoms. The van der Waals surface area contributed by atoms with Gasteiger partial charge in [-0.05, 0) is 19.8 Å². The summed E-state index contributed by atoms with van der Waals surface area (Å²) in [4.78, 5) is 0. The number of aromatic nitrogens is 2. The maximum atomic E-state index is 9.41. The number of hydrogen-bond acceptors (Lipinski definition) is 2. The first-order valence-electron chi connectivity index (χ1n) is 4.53. The van der Waals surface area contributed by atoms with E-state index in [9.17, 15) is 5.11 Å². The number of nitrogens with zero attached hydrogens (tertiary/aromatic N) is 2. The van der Waals surface area contributed by atoms with Crippen LogP contribution in [0.1, 0.15) is 32.4 Å². The summed E-state index contributed by atoms with van der Waals surface area (Å²) in [5, 5.41) is 13.5. The van der Waals surface area contributed by atoms with E-state index < -0.39 is 0 Å². The topological polar surface area (TPSA) is 38.1 Å². The maximum absolute atomic E-state index is 9.41. The van der Waals surface area contributed by atoms with Gasteiger partial charge >= 0.3 is 0 Å². The van der Waals surface area contributed by atoms with Gasteiger partial charge in [0.1, 0.15) is 0 Å². The molecule has 0 aliphatic carbocycles. The fourth-order valence-electron chi connectivity index (χ4n) is 1.27. The summed E-state index contributed by atoms with van der Waals surface area (Å²) >= 11 is 0. The second-order valence-corrected chi connectivity index (χ2v) is 2.90. The van der Waals surface area contributed by atoms with Crippen molar-refractivity contribution in [2.75, 3.05) is 0 Å². The number of hydrogen-bond donors (Lipinski definition) is 1. The molecule has 0 amide bonds. The van der Waals surface area contributed by atoms with Crippen molar-refractivity contribution in [3.63, 3.8) is 0 Å². The van der Waals surface area contributed by atoms with E-state index in [4.69, 9.17) is 0 Å². The summed E-state index contributed by atoms with van der Waals surface area (Å²) < 4.78 is 1.85. The molecule has 0 saturated heterocycles. The van der Waals surface area contributed by atoms with Gasteiger partial charge in [0.15, 0.2) is 5.75 Å². The molecular weight excluding hydrogens is 152 g/mol. The van der Waals surface area contributed by atoms with Crippen molar-refractivity contribution in [1.82, 2.24) is 9.78 Å². The van der Waals surface area contributed by atoms with E-state index in [0.717, 1.165) is 31.5 Å². The van der Waals surface area contributed by atoms with Crippen molar-refractivity contribution in [3.05, 3.63) is 11.9 Å². The second-order valence-electron chi connectivity index (χ2n) is 2.90. The summed E-state index contributed by atoms with van der Waals surface area (Å²) in [6, 6.07) is 0. The Morgan fingerprint density at radius 2 is 2.25 bits per heavy atom. The van der Waals surface area contributed by atoms with Crippen molar-refractivity contribution >= 4 is 0 Å². The highest BCUT2D eigenvalue weighted by atomic mass is 16.3. The van der Waals surface area contributed by atoms with Gasteiger partial charge in [-0.3, -0.25) is 4.68 Å². The van der Waals surface area contributed by atoms with Gasteiger partial charge in [0.05, 0.1) is 11.9 Å². The van der Waals surface area contributed by atoms with E-state index in [0.29, 0.717) is 5.75 Å². The molecule has 0 fully saturated rings. The molecule has 0 saturated carbocycles. The van der Waals surface area contributed by atoms with Crippen LogP contribution in [0.25, 0.3) is 0 Å². The minimum atomic E-state index is 0.338. The molecule has 0 spiro atoms. The van der Waals surface area contributed by atoms with E-state index >= 15 is 0 Å². The molecule has 0 aliphatic rings. The van der Waals surface area contributed by atoms with E-state index in [1.54, 1.807) is 0 Å². The quantitative estimate of drug-likeness (QED) is 0.746. The van der Waals surface area contributed by atoms with Crippen LogP contribution in [-0.2, 0) is 13.0 Å². The third kappa shape index (κ3) is 1.78. The number of aromatic hydroxyl groups is 1. The van der Waals surface area contributed by atoms with Gasteiger partial charge in [0, 0.05) is 6.54 Å². The predicted octanol–water partition coefficient (Wildman–Crippen LogP) is 1.95. The molecule has 0 atom stereocenters. The number of aryl methyl sites for hydroxylation is 1. The van der Waals surface area contributed by atoms with E-state index in [1.165, 1.54) is 6.20 Å². The Balaban J connectivity index is 2.72. The summed E-state index contributed by atoms with van der Waals surface area (Å²) in [6.07, 6.45) is 4.71. The van der Waals surface area contributed by atoms with E-state index in [-0.39, 0.29) is 0 Å². The zero-order valence-corrected chi connectivity index (χ0v) is 7.75. The molecule has 0 bridgehead atoms. The Hall–Kier alpha value is -0.990. The number of unbranched alkanes of at least 4 members (excludes halogenated alkanes) is 1. The van der Waals surface area contributed by atoms with Crippen molar-refractivity contribution in [2.24, 2.45) is 0 Å². The fraction of sp³-hybridized carbons (Fsp3) is 0.667. The Kier molecular flexibility index (Phi) is 3.14.